The molecule has 0 radical (unpaired) electrons. The van der Waals surface area contributed by atoms with Crippen molar-refractivity contribution >= 4 is 16.7 Å². The van der Waals surface area contributed by atoms with Crippen LogP contribution in [0, 0.1) is 5.92 Å². The van der Waals surface area contributed by atoms with Crippen molar-refractivity contribution in [3.63, 3.8) is 0 Å². The van der Waals surface area contributed by atoms with Gasteiger partial charge < -0.3 is 9.90 Å². The summed E-state index contributed by atoms with van der Waals surface area (Å²) < 4.78 is 1.31. The second-order valence-corrected chi connectivity index (χ2v) is 5.67. The van der Waals surface area contributed by atoms with Crippen LogP contribution >= 0.6 is 0 Å². The summed E-state index contributed by atoms with van der Waals surface area (Å²) in [6.45, 7) is 0.490. The number of carboxylic acid groups (broad SMARTS) is 1. The minimum Gasteiger partial charge on any atom is -0.543 e. The normalized spacial score (nSPS) is 16.2. The van der Waals surface area contributed by atoms with E-state index < -0.39 is 5.97 Å². The van der Waals surface area contributed by atoms with E-state index in [1.807, 2.05) is 0 Å². The Balaban J connectivity index is 2.07. The van der Waals surface area contributed by atoms with E-state index in [1.165, 1.54) is 23.9 Å². The van der Waals surface area contributed by atoms with Crippen LogP contribution in [0.15, 0.2) is 29.1 Å². The molecular weight excluding hydrogens is 268 g/mol. The third-order valence-electron chi connectivity index (χ3n) is 4.22. The summed E-state index contributed by atoms with van der Waals surface area (Å²) >= 11 is 0. The molecule has 1 aliphatic carbocycles. The number of carbonyl (C=O) groups excluding carboxylic acids is 1. The van der Waals surface area contributed by atoms with Gasteiger partial charge in [0.25, 0.3) is 5.56 Å². The van der Waals surface area contributed by atoms with E-state index in [-0.39, 0.29) is 11.3 Å². The Labute approximate surface area is 122 Å². The van der Waals surface area contributed by atoms with Crippen molar-refractivity contribution in [2.24, 2.45) is 5.92 Å². The number of rotatable bonds is 3. The molecule has 0 spiro atoms. The van der Waals surface area contributed by atoms with Gasteiger partial charge in [0.1, 0.15) is 5.69 Å². The van der Waals surface area contributed by atoms with Gasteiger partial charge in [-0.3, -0.25) is 4.79 Å². The van der Waals surface area contributed by atoms with Crippen LogP contribution in [-0.4, -0.2) is 15.7 Å². The average Bonchev–Trinajstić information content (AvgIpc) is 2.51. The second-order valence-electron chi connectivity index (χ2n) is 5.67. The fourth-order valence-electron chi connectivity index (χ4n) is 3.12. The highest BCUT2D eigenvalue weighted by atomic mass is 16.4. The fourth-order valence-corrected chi connectivity index (χ4v) is 3.12. The van der Waals surface area contributed by atoms with Crippen LogP contribution in [0.2, 0.25) is 0 Å². The average molecular weight is 285 g/mol. The number of nitrogens with zero attached hydrogens (tertiary/aromatic N) is 2. The summed E-state index contributed by atoms with van der Waals surface area (Å²) in [5.41, 5.74) is -0.373. The van der Waals surface area contributed by atoms with Gasteiger partial charge in [-0.25, -0.2) is 4.68 Å². The number of carbonyl (C=O) groups is 1. The third-order valence-corrected chi connectivity index (χ3v) is 4.22. The molecule has 0 N–H and O–H groups in total. The van der Waals surface area contributed by atoms with E-state index in [2.05, 4.69) is 5.10 Å². The van der Waals surface area contributed by atoms with E-state index in [1.54, 1.807) is 24.3 Å². The maximum atomic E-state index is 12.5. The molecule has 1 fully saturated rings. The van der Waals surface area contributed by atoms with Gasteiger partial charge >= 0.3 is 0 Å². The predicted octanol–water partition coefficient (Wildman–Crippen LogP) is 1.34. The molecule has 1 heterocycles. The van der Waals surface area contributed by atoms with Gasteiger partial charge in [0.15, 0.2) is 0 Å². The Bertz CT molecular complexity index is 730. The maximum absolute atomic E-state index is 12.5. The smallest absolute Gasteiger partial charge is 0.274 e. The van der Waals surface area contributed by atoms with Crippen LogP contribution in [0.3, 0.4) is 0 Å². The Morgan fingerprint density at radius 2 is 1.86 bits per heavy atom. The molecule has 5 nitrogen and oxygen atoms in total. The molecule has 0 bridgehead atoms. The van der Waals surface area contributed by atoms with Gasteiger partial charge in [0, 0.05) is 11.9 Å². The molecule has 21 heavy (non-hydrogen) atoms. The number of hydrogen-bond donors (Lipinski definition) is 0. The first-order chi connectivity index (χ1) is 10.2. The van der Waals surface area contributed by atoms with E-state index >= 15 is 0 Å². The first-order valence-electron chi connectivity index (χ1n) is 7.38. The lowest BCUT2D eigenvalue weighted by molar-refractivity contribution is -0.255. The summed E-state index contributed by atoms with van der Waals surface area (Å²) in [4.78, 5) is 23.7. The lowest BCUT2D eigenvalue weighted by atomic mass is 9.89. The standard InChI is InChI=1S/C16H18N2O3/c19-15-13-9-5-4-8-12(13)14(16(20)21)17-18(15)10-11-6-2-1-3-7-11/h4-5,8-9,11H,1-3,6-7,10H2,(H,20,21)/p-1. The Hall–Kier alpha value is -2.17. The molecule has 3 rings (SSSR count). The quantitative estimate of drug-likeness (QED) is 0.853. The summed E-state index contributed by atoms with van der Waals surface area (Å²) in [6, 6.07) is 6.66. The van der Waals surface area contributed by atoms with Crippen LogP contribution in [0.5, 0.6) is 0 Å². The van der Waals surface area contributed by atoms with Crippen molar-refractivity contribution in [1.29, 1.82) is 0 Å². The molecule has 1 aromatic heterocycles. The Kier molecular flexibility index (Phi) is 3.73. The zero-order chi connectivity index (χ0) is 14.8. The molecule has 1 saturated carbocycles. The Morgan fingerprint density at radius 3 is 2.52 bits per heavy atom. The van der Waals surface area contributed by atoms with Crippen molar-refractivity contribution < 1.29 is 9.90 Å². The highest BCUT2D eigenvalue weighted by molar-refractivity contribution is 6.00. The van der Waals surface area contributed by atoms with Gasteiger partial charge in [-0.1, -0.05) is 37.5 Å². The first kappa shape index (κ1) is 13.8. The van der Waals surface area contributed by atoms with Crippen molar-refractivity contribution in [3.05, 3.63) is 40.3 Å². The molecule has 0 saturated heterocycles. The molecule has 5 heteroatoms. The van der Waals surface area contributed by atoms with E-state index in [9.17, 15) is 14.7 Å². The molecule has 2 aromatic rings. The van der Waals surface area contributed by atoms with E-state index in [0.29, 0.717) is 23.2 Å². The van der Waals surface area contributed by atoms with Gasteiger partial charge in [0.05, 0.1) is 11.4 Å². The zero-order valence-electron chi connectivity index (χ0n) is 11.7. The Morgan fingerprint density at radius 1 is 1.19 bits per heavy atom. The molecule has 0 atom stereocenters. The minimum absolute atomic E-state index is 0.152. The molecule has 0 amide bonds. The summed E-state index contributed by atoms with van der Waals surface area (Å²) in [7, 11) is 0. The number of aromatic nitrogens is 2. The van der Waals surface area contributed by atoms with Crippen LogP contribution in [0.25, 0.3) is 10.8 Å². The van der Waals surface area contributed by atoms with Gasteiger partial charge in [0.2, 0.25) is 0 Å². The fraction of sp³-hybridized carbons (Fsp3) is 0.438. The molecule has 0 unspecified atom stereocenters. The van der Waals surface area contributed by atoms with E-state index in [0.717, 1.165) is 12.8 Å². The molecule has 1 aromatic carbocycles. The molecule has 1 aliphatic rings. The minimum atomic E-state index is -1.34. The number of carboxylic acids is 1. The van der Waals surface area contributed by atoms with Gasteiger partial charge in [-0.15, -0.1) is 0 Å². The van der Waals surface area contributed by atoms with Crippen molar-refractivity contribution in [3.8, 4) is 0 Å². The van der Waals surface area contributed by atoms with Crippen LogP contribution in [-0.2, 0) is 6.54 Å². The molecule has 110 valence electrons. The first-order valence-corrected chi connectivity index (χ1v) is 7.38. The highest BCUT2D eigenvalue weighted by Gasteiger charge is 2.17. The topological polar surface area (TPSA) is 75.0 Å². The number of benzene rings is 1. The summed E-state index contributed by atoms with van der Waals surface area (Å²) in [6.07, 6.45) is 5.71. The number of aromatic carboxylic acids is 1. The maximum Gasteiger partial charge on any atom is 0.274 e. The van der Waals surface area contributed by atoms with Gasteiger partial charge in [-0.05, 0) is 24.8 Å². The zero-order valence-corrected chi connectivity index (χ0v) is 11.7. The monoisotopic (exact) mass is 285 g/mol. The summed E-state index contributed by atoms with van der Waals surface area (Å²) in [5.74, 6) is -0.941. The molecular formula is C16H17N2O3-. The number of hydrogen-bond acceptors (Lipinski definition) is 4. The van der Waals surface area contributed by atoms with Crippen molar-refractivity contribution in [2.45, 2.75) is 38.6 Å². The summed E-state index contributed by atoms with van der Waals surface area (Å²) in [5, 5.41) is 16.1. The lowest BCUT2D eigenvalue weighted by Gasteiger charge is -2.22. The highest BCUT2D eigenvalue weighted by Crippen LogP contribution is 2.24. The van der Waals surface area contributed by atoms with Crippen molar-refractivity contribution in [2.75, 3.05) is 0 Å². The van der Waals surface area contributed by atoms with Crippen molar-refractivity contribution in [1.82, 2.24) is 9.78 Å². The number of fused-ring (bicyclic) bond motifs is 1. The predicted molar refractivity (Wildman–Crippen MR) is 76.9 cm³/mol. The lowest BCUT2D eigenvalue weighted by Crippen LogP contribution is -2.33. The van der Waals surface area contributed by atoms with Crippen LogP contribution < -0.4 is 10.7 Å². The molecule has 0 aliphatic heterocycles. The van der Waals surface area contributed by atoms with E-state index in [4.69, 9.17) is 0 Å². The SMILES string of the molecule is O=C([O-])c1nn(CC2CCCCC2)c(=O)c2ccccc12. The van der Waals surface area contributed by atoms with Gasteiger partial charge in [-0.2, -0.15) is 5.10 Å². The van der Waals surface area contributed by atoms with Crippen LogP contribution in [0.4, 0.5) is 0 Å². The second kappa shape index (κ2) is 5.68. The largest absolute Gasteiger partial charge is 0.543 e. The third kappa shape index (κ3) is 2.68. The van der Waals surface area contributed by atoms with Crippen LogP contribution in [0.1, 0.15) is 42.6 Å².